The van der Waals surface area contributed by atoms with Crippen LogP contribution in [-0.2, 0) is 23.1 Å². The number of nitrogens with one attached hydrogen (secondary N) is 2. The number of H-pyrrole nitrogens is 1. The van der Waals surface area contributed by atoms with E-state index in [1.807, 2.05) is 46.1 Å². The van der Waals surface area contributed by atoms with Gasteiger partial charge in [-0.2, -0.15) is 5.10 Å². The molecule has 0 spiro atoms. The monoisotopic (exact) mass is 490 g/mol. The van der Waals surface area contributed by atoms with Crippen molar-refractivity contribution >= 4 is 17.5 Å². The number of aromatic nitrogens is 5. The van der Waals surface area contributed by atoms with Crippen LogP contribution in [0, 0.1) is 11.2 Å². The number of halogens is 1. The third-order valence-electron chi connectivity index (χ3n) is 6.56. The SMILES string of the molecule is Cn1cc(-c2nc3c(-c4ccc(CNCC5(C=O)CC(OC(C)(C)C)C5)c(F)c4)ccnc3[nH]2)cn1. The van der Waals surface area contributed by atoms with Crippen molar-refractivity contribution in [2.75, 3.05) is 6.54 Å². The Morgan fingerprint density at radius 2 is 2.08 bits per heavy atom. The number of imidazole rings is 1. The Balaban J connectivity index is 1.27. The highest BCUT2D eigenvalue weighted by atomic mass is 19.1. The molecule has 2 N–H and O–H groups in total. The zero-order chi connectivity index (χ0) is 25.5. The molecule has 3 heterocycles. The quantitative estimate of drug-likeness (QED) is 0.355. The fourth-order valence-corrected chi connectivity index (χ4v) is 4.84. The number of benzene rings is 1. The first-order chi connectivity index (χ1) is 17.1. The highest BCUT2D eigenvalue weighted by molar-refractivity contribution is 5.91. The maximum absolute atomic E-state index is 15.1. The first-order valence-corrected chi connectivity index (χ1v) is 12.1. The van der Waals surface area contributed by atoms with Crippen LogP contribution in [0.3, 0.4) is 0 Å². The van der Waals surface area contributed by atoms with Crippen molar-refractivity contribution in [3.05, 3.63) is 54.2 Å². The van der Waals surface area contributed by atoms with Gasteiger partial charge in [-0.25, -0.2) is 14.4 Å². The van der Waals surface area contributed by atoms with Crippen LogP contribution in [0.15, 0.2) is 42.9 Å². The summed E-state index contributed by atoms with van der Waals surface area (Å²) in [6.07, 6.45) is 7.76. The predicted molar refractivity (Wildman–Crippen MR) is 136 cm³/mol. The molecule has 0 amide bonds. The van der Waals surface area contributed by atoms with Crippen LogP contribution in [0.2, 0.25) is 0 Å². The van der Waals surface area contributed by atoms with E-state index >= 15 is 4.39 Å². The van der Waals surface area contributed by atoms with Gasteiger partial charge in [0.25, 0.3) is 0 Å². The van der Waals surface area contributed by atoms with E-state index < -0.39 is 5.41 Å². The molecule has 0 radical (unpaired) electrons. The molecular formula is C27H31FN6O2. The summed E-state index contributed by atoms with van der Waals surface area (Å²) in [5.74, 6) is 0.352. The van der Waals surface area contributed by atoms with Gasteiger partial charge >= 0.3 is 0 Å². The van der Waals surface area contributed by atoms with Crippen molar-refractivity contribution < 1.29 is 13.9 Å². The first kappa shape index (κ1) is 24.3. The summed E-state index contributed by atoms with van der Waals surface area (Å²) in [6.45, 7) is 6.88. The van der Waals surface area contributed by atoms with E-state index in [9.17, 15) is 4.79 Å². The van der Waals surface area contributed by atoms with E-state index in [1.54, 1.807) is 23.1 Å². The summed E-state index contributed by atoms with van der Waals surface area (Å²) in [4.78, 5) is 24.1. The van der Waals surface area contributed by atoms with Gasteiger partial charge in [-0.1, -0.05) is 12.1 Å². The average Bonchev–Trinajstić information content (AvgIpc) is 3.43. The molecule has 1 aliphatic rings. The maximum atomic E-state index is 15.1. The number of pyridine rings is 1. The fraction of sp³-hybridized carbons (Fsp3) is 0.407. The van der Waals surface area contributed by atoms with E-state index in [2.05, 4.69) is 20.4 Å². The Morgan fingerprint density at radius 1 is 1.28 bits per heavy atom. The smallest absolute Gasteiger partial charge is 0.158 e. The van der Waals surface area contributed by atoms with E-state index in [4.69, 9.17) is 9.72 Å². The lowest BCUT2D eigenvalue weighted by molar-refractivity contribution is -0.153. The fourth-order valence-electron chi connectivity index (χ4n) is 4.84. The van der Waals surface area contributed by atoms with Gasteiger partial charge in [0, 0.05) is 49.1 Å². The lowest BCUT2D eigenvalue weighted by Crippen LogP contribution is -2.51. The number of carbonyl (C=O) groups is 1. The van der Waals surface area contributed by atoms with Gasteiger partial charge in [0.1, 0.15) is 23.4 Å². The van der Waals surface area contributed by atoms with E-state index in [0.717, 1.165) is 23.0 Å². The number of aldehydes is 1. The number of aromatic amines is 1. The standard InChI is InChI=1S/C27H31FN6O2/c1-26(2,3)36-20-10-27(11-20,16-35)15-29-12-18-6-5-17(9-22(18)28)21-7-8-30-25-23(21)32-24(33-25)19-13-31-34(4)14-19/h5-9,13-14,16,20,29H,10-12,15H2,1-4H3,(H,30,32,33). The number of carbonyl (C=O) groups excluding carboxylic acids is 1. The lowest BCUT2D eigenvalue weighted by atomic mass is 9.67. The van der Waals surface area contributed by atoms with E-state index in [0.29, 0.717) is 48.5 Å². The molecule has 0 saturated heterocycles. The second kappa shape index (κ2) is 9.22. The Hall–Kier alpha value is -3.43. The van der Waals surface area contributed by atoms with Crippen LogP contribution in [0.5, 0.6) is 0 Å². The number of nitrogens with zero attached hydrogens (tertiary/aromatic N) is 4. The Bertz CT molecular complexity index is 1400. The van der Waals surface area contributed by atoms with Gasteiger partial charge in [0.15, 0.2) is 5.65 Å². The molecule has 9 heteroatoms. The number of rotatable bonds is 8. The normalized spacial score (nSPS) is 20.0. The van der Waals surface area contributed by atoms with Crippen LogP contribution in [-0.4, -0.2) is 49.3 Å². The molecule has 8 nitrogen and oxygen atoms in total. The number of fused-ring (bicyclic) bond motifs is 1. The van der Waals surface area contributed by atoms with Gasteiger partial charge in [0.2, 0.25) is 0 Å². The van der Waals surface area contributed by atoms with E-state index in [1.165, 1.54) is 6.07 Å². The summed E-state index contributed by atoms with van der Waals surface area (Å²) in [6, 6.07) is 7.03. The van der Waals surface area contributed by atoms with Gasteiger partial charge in [-0.15, -0.1) is 0 Å². The van der Waals surface area contributed by atoms with Crippen LogP contribution in [0.4, 0.5) is 4.39 Å². The molecule has 1 aromatic carbocycles. The second-order valence-corrected chi connectivity index (χ2v) is 10.7. The number of ether oxygens (including phenoxy) is 1. The molecule has 5 rings (SSSR count). The summed E-state index contributed by atoms with van der Waals surface area (Å²) in [5.41, 5.74) is 3.55. The molecule has 3 aromatic heterocycles. The van der Waals surface area contributed by atoms with Crippen LogP contribution in [0.1, 0.15) is 39.2 Å². The second-order valence-electron chi connectivity index (χ2n) is 10.7. The van der Waals surface area contributed by atoms with Gasteiger partial charge in [0.05, 0.1) is 23.5 Å². The minimum absolute atomic E-state index is 0.0888. The minimum atomic E-state index is -0.444. The third kappa shape index (κ3) is 4.94. The van der Waals surface area contributed by atoms with Gasteiger partial charge in [-0.3, -0.25) is 4.68 Å². The van der Waals surface area contributed by atoms with Crippen LogP contribution in [0.25, 0.3) is 33.7 Å². The largest absolute Gasteiger partial charge is 0.373 e. The summed E-state index contributed by atoms with van der Waals surface area (Å²) in [5, 5.41) is 7.46. The molecule has 0 unspecified atom stereocenters. The Labute approximate surface area is 209 Å². The molecule has 0 bridgehead atoms. The van der Waals surface area contributed by atoms with Gasteiger partial charge in [-0.05, 0) is 51.3 Å². The van der Waals surface area contributed by atoms with Crippen molar-refractivity contribution in [2.45, 2.75) is 51.9 Å². The third-order valence-corrected chi connectivity index (χ3v) is 6.56. The zero-order valence-corrected chi connectivity index (χ0v) is 21.0. The molecule has 0 aliphatic heterocycles. The maximum Gasteiger partial charge on any atom is 0.158 e. The lowest BCUT2D eigenvalue weighted by Gasteiger charge is -2.46. The number of hydrogen-bond acceptors (Lipinski definition) is 6. The Kier molecular flexibility index (Phi) is 6.22. The van der Waals surface area contributed by atoms with Crippen LogP contribution < -0.4 is 5.32 Å². The minimum Gasteiger partial charge on any atom is -0.373 e. The number of hydrogen-bond donors (Lipinski definition) is 2. The molecule has 0 atom stereocenters. The molecular weight excluding hydrogens is 459 g/mol. The highest BCUT2D eigenvalue weighted by Gasteiger charge is 2.45. The van der Waals surface area contributed by atoms with Crippen LogP contribution >= 0.6 is 0 Å². The molecule has 1 aliphatic carbocycles. The highest BCUT2D eigenvalue weighted by Crippen LogP contribution is 2.42. The summed E-state index contributed by atoms with van der Waals surface area (Å²) in [7, 11) is 1.85. The Morgan fingerprint density at radius 3 is 2.75 bits per heavy atom. The molecule has 1 fully saturated rings. The topological polar surface area (TPSA) is 97.7 Å². The van der Waals surface area contributed by atoms with Crippen molar-refractivity contribution in [3.63, 3.8) is 0 Å². The summed E-state index contributed by atoms with van der Waals surface area (Å²) >= 11 is 0. The average molecular weight is 491 g/mol. The molecule has 188 valence electrons. The zero-order valence-electron chi connectivity index (χ0n) is 21.0. The van der Waals surface area contributed by atoms with E-state index in [-0.39, 0.29) is 17.5 Å². The van der Waals surface area contributed by atoms with Crippen molar-refractivity contribution in [1.29, 1.82) is 0 Å². The van der Waals surface area contributed by atoms with Crippen molar-refractivity contribution in [1.82, 2.24) is 30.0 Å². The number of aryl methyl sites for hydroxylation is 1. The van der Waals surface area contributed by atoms with Gasteiger partial charge < -0.3 is 19.8 Å². The molecule has 1 saturated carbocycles. The van der Waals surface area contributed by atoms with Crippen molar-refractivity contribution in [3.8, 4) is 22.5 Å². The predicted octanol–water partition coefficient (Wildman–Crippen LogP) is 4.42. The first-order valence-electron chi connectivity index (χ1n) is 12.1. The molecule has 4 aromatic rings. The van der Waals surface area contributed by atoms with Crippen molar-refractivity contribution in [2.24, 2.45) is 12.5 Å². The summed E-state index contributed by atoms with van der Waals surface area (Å²) < 4.78 is 22.7. The molecule has 36 heavy (non-hydrogen) atoms.